The number of hydrogen-bond acceptors (Lipinski definition) is 4. The van der Waals surface area contributed by atoms with Gasteiger partial charge < -0.3 is 10.2 Å². The highest BCUT2D eigenvalue weighted by atomic mass is 16.3. The first-order valence-electron chi connectivity index (χ1n) is 8.04. The second-order valence-electron chi connectivity index (χ2n) is 5.21. The van der Waals surface area contributed by atoms with Crippen LogP contribution in [0.5, 0.6) is 11.5 Å². The van der Waals surface area contributed by atoms with Crippen LogP contribution in [0.2, 0.25) is 0 Å². The van der Waals surface area contributed by atoms with Gasteiger partial charge >= 0.3 is 0 Å². The maximum Gasteiger partial charge on any atom is 0.249 e. The third kappa shape index (κ3) is 8.01. The maximum absolute atomic E-state index is 11.1. The molecule has 2 N–H and O–H groups in total. The SMILES string of the molecule is CC=NC(=O)Cc1cccc(O)c1.CC=NC(=O)Cc1ccccc1O. The molecule has 6 nitrogen and oxygen atoms in total. The van der Waals surface area contributed by atoms with Gasteiger partial charge in [0, 0.05) is 18.0 Å². The molecule has 6 heteroatoms. The maximum atomic E-state index is 11.1. The Morgan fingerprint density at radius 2 is 1.50 bits per heavy atom. The smallest absolute Gasteiger partial charge is 0.249 e. The molecule has 0 aliphatic rings. The number of carbonyl (C=O) groups is 2. The molecule has 0 saturated carbocycles. The van der Waals surface area contributed by atoms with Gasteiger partial charge in [-0.05, 0) is 37.6 Å². The number of amides is 2. The predicted molar refractivity (Wildman–Crippen MR) is 102 cm³/mol. The third-order valence-electron chi connectivity index (χ3n) is 3.15. The van der Waals surface area contributed by atoms with Crippen molar-refractivity contribution in [2.75, 3.05) is 0 Å². The van der Waals surface area contributed by atoms with E-state index in [0.29, 0.717) is 5.56 Å². The monoisotopic (exact) mass is 354 g/mol. The highest BCUT2D eigenvalue weighted by Crippen LogP contribution is 2.16. The quantitative estimate of drug-likeness (QED) is 0.824. The van der Waals surface area contributed by atoms with Gasteiger partial charge in [0.15, 0.2) is 0 Å². The Labute approximate surface area is 152 Å². The zero-order valence-electron chi connectivity index (χ0n) is 14.8. The van der Waals surface area contributed by atoms with Gasteiger partial charge in [0.25, 0.3) is 0 Å². The molecule has 2 aromatic rings. The summed E-state index contributed by atoms with van der Waals surface area (Å²) >= 11 is 0. The van der Waals surface area contributed by atoms with E-state index >= 15 is 0 Å². The normalized spacial score (nSPS) is 10.5. The summed E-state index contributed by atoms with van der Waals surface area (Å²) in [5.74, 6) is -0.134. The van der Waals surface area contributed by atoms with Crippen molar-refractivity contribution in [1.29, 1.82) is 0 Å². The standard InChI is InChI=1S/2C10H11NO2/c1-2-11-10(13)7-8-4-3-5-9(12)6-8;1-2-11-10(13)7-8-5-3-4-6-9(8)12/h2*2-6,12H,7H2,1H3. The average molecular weight is 354 g/mol. The lowest BCUT2D eigenvalue weighted by Crippen LogP contribution is -1.98. The molecule has 0 atom stereocenters. The molecule has 0 fully saturated rings. The van der Waals surface area contributed by atoms with Crippen LogP contribution in [0.4, 0.5) is 0 Å². The summed E-state index contributed by atoms with van der Waals surface area (Å²) in [6.07, 6.45) is 3.29. The number of benzene rings is 2. The highest BCUT2D eigenvalue weighted by molar-refractivity contribution is 5.86. The Hall–Kier alpha value is -3.28. The van der Waals surface area contributed by atoms with E-state index < -0.39 is 0 Å². The molecular formula is C20H22N2O4. The molecule has 136 valence electrons. The molecule has 0 aliphatic heterocycles. The topological polar surface area (TPSA) is 99.3 Å². The fourth-order valence-corrected chi connectivity index (χ4v) is 2.04. The number of rotatable bonds is 4. The van der Waals surface area contributed by atoms with Gasteiger partial charge in [-0.3, -0.25) is 9.59 Å². The zero-order valence-corrected chi connectivity index (χ0v) is 14.8. The van der Waals surface area contributed by atoms with E-state index in [9.17, 15) is 14.7 Å². The first-order valence-corrected chi connectivity index (χ1v) is 8.04. The number of phenolic OH excluding ortho intramolecular Hbond substituents is 2. The highest BCUT2D eigenvalue weighted by Gasteiger charge is 2.04. The number of nitrogens with zero attached hydrogens (tertiary/aromatic N) is 2. The predicted octanol–water partition coefficient (Wildman–Crippen LogP) is 3.10. The van der Waals surface area contributed by atoms with E-state index in [1.165, 1.54) is 12.4 Å². The van der Waals surface area contributed by atoms with Crippen LogP contribution in [-0.2, 0) is 22.4 Å². The summed E-state index contributed by atoms with van der Waals surface area (Å²) in [5.41, 5.74) is 1.38. The lowest BCUT2D eigenvalue weighted by atomic mass is 10.1. The zero-order chi connectivity index (χ0) is 19.4. The summed E-state index contributed by atoms with van der Waals surface area (Å²) in [5, 5.41) is 18.4. The van der Waals surface area contributed by atoms with Gasteiger partial charge in [0.1, 0.15) is 11.5 Å². The van der Waals surface area contributed by atoms with Gasteiger partial charge in [-0.25, -0.2) is 9.98 Å². The summed E-state index contributed by atoms with van der Waals surface area (Å²) in [6.45, 7) is 3.38. The molecular weight excluding hydrogens is 332 g/mol. The summed E-state index contributed by atoms with van der Waals surface area (Å²) in [7, 11) is 0. The van der Waals surface area contributed by atoms with Crippen LogP contribution in [-0.4, -0.2) is 34.5 Å². The van der Waals surface area contributed by atoms with Gasteiger partial charge in [-0.2, -0.15) is 0 Å². The Bertz CT molecular complexity index is 798. The minimum absolute atomic E-state index is 0.141. The molecule has 2 amide bonds. The van der Waals surface area contributed by atoms with Crippen LogP contribution in [0.1, 0.15) is 25.0 Å². The fourth-order valence-electron chi connectivity index (χ4n) is 2.04. The third-order valence-corrected chi connectivity index (χ3v) is 3.15. The minimum atomic E-state index is -0.246. The Kier molecular flexibility index (Phi) is 9.03. The van der Waals surface area contributed by atoms with Crippen LogP contribution < -0.4 is 0 Å². The van der Waals surface area contributed by atoms with Crippen molar-refractivity contribution in [3.63, 3.8) is 0 Å². The molecule has 0 aliphatic carbocycles. The van der Waals surface area contributed by atoms with Gasteiger partial charge in [0.2, 0.25) is 11.8 Å². The lowest BCUT2D eigenvalue weighted by molar-refractivity contribution is -0.118. The summed E-state index contributed by atoms with van der Waals surface area (Å²) in [4.78, 5) is 29.3. The van der Waals surface area contributed by atoms with Crippen LogP contribution in [0.3, 0.4) is 0 Å². The van der Waals surface area contributed by atoms with Crippen molar-refractivity contribution in [3.8, 4) is 11.5 Å². The first kappa shape index (κ1) is 20.8. The van der Waals surface area contributed by atoms with Gasteiger partial charge in [0.05, 0.1) is 12.8 Å². The first-order chi connectivity index (χ1) is 12.5. The van der Waals surface area contributed by atoms with Crippen molar-refractivity contribution in [2.24, 2.45) is 9.98 Å². The number of phenols is 2. The fraction of sp³-hybridized carbons (Fsp3) is 0.200. The molecule has 2 rings (SSSR count). The van der Waals surface area contributed by atoms with Crippen LogP contribution in [0.15, 0.2) is 58.5 Å². The number of aromatic hydroxyl groups is 2. The second-order valence-corrected chi connectivity index (χ2v) is 5.21. The van der Waals surface area contributed by atoms with E-state index in [2.05, 4.69) is 9.98 Å². The van der Waals surface area contributed by atoms with Crippen molar-refractivity contribution in [2.45, 2.75) is 26.7 Å². The summed E-state index contributed by atoms with van der Waals surface area (Å²) in [6, 6.07) is 13.4. The van der Waals surface area contributed by atoms with Crippen molar-refractivity contribution < 1.29 is 19.8 Å². The molecule has 2 aromatic carbocycles. The Morgan fingerprint density at radius 1 is 0.885 bits per heavy atom. The molecule has 0 heterocycles. The molecule has 0 spiro atoms. The van der Waals surface area contributed by atoms with Gasteiger partial charge in [-0.1, -0.05) is 30.3 Å². The van der Waals surface area contributed by atoms with Crippen molar-refractivity contribution in [1.82, 2.24) is 0 Å². The number of para-hydroxylation sites is 1. The minimum Gasteiger partial charge on any atom is -0.508 e. The molecule has 0 unspecified atom stereocenters. The van der Waals surface area contributed by atoms with Gasteiger partial charge in [-0.15, -0.1) is 0 Å². The molecule has 0 radical (unpaired) electrons. The summed E-state index contributed by atoms with van der Waals surface area (Å²) < 4.78 is 0. The molecule has 26 heavy (non-hydrogen) atoms. The molecule has 0 bridgehead atoms. The number of hydrogen-bond donors (Lipinski definition) is 2. The van der Waals surface area contributed by atoms with Crippen molar-refractivity contribution >= 4 is 24.2 Å². The number of carbonyl (C=O) groups excluding carboxylic acids is 2. The van der Waals surface area contributed by atoms with E-state index in [1.54, 1.807) is 62.4 Å². The van der Waals surface area contributed by atoms with E-state index in [1.807, 2.05) is 0 Å². The Morgan fingerprint density at radius 3 is 2.08 bits per heavy atom. The van der Waals surface area contributed by atoms with E-state index in [4.69, 9.17) is 5.11 Å². The van der Waals surface area contributed by atoms with Crippen LogP contribution in [0.25, 0.3) is 0 Å². The van der Waals surface area contributed by atoms with Crippen LogP contribution >= 0.6 is 0 Å². The van der Waals surface area contributed by atoms with Crippen molar-refractivity contribution in [3.05, 3.63) is 59.7 Å². The second kappa shape index (κ2) is 11.3. The molecule has 0 saturated heterocycles. The van der Waals surface area contributed by atoms with E-state index in [0.717, 1.165) is 5.56 Å². The van der Waals surface area contributed by atoms with E-state index in [-0.39, 0.29) is 36.2 Å². The average Bonchev–Trinajstić information content (AvgIpc) is 2.58. The lowest BCUT2D eigenvalue weighted by Gasteiger charge is -1.99. The molecule has 0 aromatic heterocycles. The van der Waals surface area contributed by atoms with Crippen LogP contribution in [0, 0.1) is 0 Å². The largest absolute Gasteiger partial charge is 0.508 e. The Balaban J connectivity index is 0.000000260. The number of aliphatic imine (C=N–C) groups is 2.